The van der Waals surface area contributed by atoms with Gasteiger partial charge in [-0.1, -0.05) is 37.3 Å². The zero-order chi connectivity index (χ0) is 12.7. The number of amides is 1. The second-order valence-corrected chi connectivity index (χ2v) is 5.09. The van der Waals surface area contributed by atoms with Crippen LogP contribution in [0.3, 0.4) is 0 Å². The molecule has 1 amide bonds. The van der Waals surface area contributed by atoms with Crippen LogP contribution in [0.25, 0.3) is 0 Å². The molecule has 0 radical (unpaired) electrons. The number of carbonyl (C=O) groups excluding carboxylic acids is 1. The molecule has 92 valence electrons. The molecule has 1 aromatic carbocycles. The predicted octanol–water partition coefficient (Wildman–Crippen LogP) is 1.91. The normalized spacial score (nSPS) is 26.8. The van der Waals surface area contributed by atoms with Crippen LogP contribution in [-0.2, 0) is 10.4 Å². The molecule has 0 saturated carbocycles. The van der Waals surface area contributed by atoms with E-state index in [4.69, 9.17) is 0 Å². The lowest BCUT2D eigenvalue weighted by molar-refractivity contribution is -0.215. The quantitative estimate of drug-likeness (QED) is 0.810. The summed E-state index contributed by atoms with van der Waals surface area (Å²) in [4.78, 5) is 13.9. The molecule has 1 atom stereocenters. The Morgan fingerprint density at radius 1 is 1.24 bits per heavy atom. The summed E-state index contributed by atoms with van der Waals surface area (Å²) in [7, 11) is 0. The highest BCUT2D eigenvalue weighted by atomic mass is 16.3. The van der Waals surface area contributed by atoms with Gasteiger partial charge in [0.15, 0.2) is 5.60 Å². The Morgan fingerprint density at radius 2 is 1.82 bits per heavy atom. The lowest BCUT2D eigenvalue weighted by Crippen LogP contribution is -2.77. The van der Waals surface area contributed by atoms with Gasteiger partial charge < -0.3 is 10.0 Å². The molecular weight excluding hydrogens is 214 g/mol. The van der Waals surface area contributed by atoms with Gasteiger partial charge in [0.1, 0.15) is 0 Å². The maximum Gasteiger partial charge on any atom is 0.262 e. The molecule has 0 bridgehead atoms. The fraction of sp³-hybridized carbons (Fsp3) is 0.500. The molecule has 2 rings (SSSR count). The topological polar surface area (TPSA) is 40.5 Å². The molecule has 1 saturated heterocycles. The minimum atomic E-state index is -1.37. The van der Waals surface area contributed by atoms with Gasteiger partial charge in [-0.15, -0.1) is 0 Å². The molecule has 0 aliphatic carbocycles. The number of benzene rings is 1. The van der Waals surface area contributed by atoms with Gasteiger partial charge in [0.2, 0.25) is 0 Å². The van der Waals surface area contributed by atoms with Gasteiger partial charge >= 0.3 is 0 Å². The summed E-state index contributed by atoms with van der Waals surface area (Å²) in [6, 6.07) is 9.19. The Morgan fingerprint density at radius 3 is 2.29 bits per heavy atom. The predicted molar refractivity (Wildman–Crippen MR) is 66.4 cm³/mol. The van der Waals surface area contributed by atoms with Crippen molar-refractivity contribution in [2.75, 3.05) is 6.54 Å². The molecule has 0 aromatic heterocycles. The summed E-state index contributed by atoms with van der Waals surface area (Å²) in [5, 5.41) is 10.7. The minimum Gasteiger partial charge on any atom is -0.374 e. The molecular formula is C14H19NO2. The van der Waals surface area contributed by atoms with Crippen molar-refractivity contribution in [3.8, 4) is 0 Å². The summed E-state index contributed by atoms with van der Waals surface area (Å²) < 4.78 is 0. The van der Waals surface area contributed by atoms with E-state index in [2.05, 4.69) is 0 Å². The third-order valence-electron chi connectivity index (χ3n) is 3.75. The number of nitrogens with zero attached hydrogens (tertiary/aromatic N) is 1. The van der Waals surface area contributed by atoms with Crippen LogP contribution in [0, 0.1) is 0 Å². The van der Waals surface area contributed by atoms with E-state index < -0.39 is 11.1 Å². The van der Waals surface area contributed by atoms with E-state index in [0.29, 0.717) is 12.1 Å². The molecule has 1 heterocycles. The number of carbonyl (C=O) groups is 1. The highest BCUT2D eigenvalue weighted by Crippen LogP contribution is 2.47. The van der Waals surface area contributed by atoms with Crippen LogP contribution in [0.4, 0.5) is 0 Å². The van der Waals surface area contributed by atoms with Crippen LogP contribution in [0.15, 0.2) is 30.3 Å². The van der Waals surface area contributed by atoms with E-state index in [0.717, 1.165) is 6.42 Å². The third-order valence-corrected chi connectivity index (χ3v) is 3.75. The molecule has 1 aromatic rings. The van der Waals surface area contributed by atoms with Crippen molar-refractivity contribution >= 4 is 5.91 Å². The number of hydrogen-bond acceptors (Lipinski definition) is 2. The van der Waals surface area contributed by atoms with Crippen LogP contribution in [-0.4, -0.2) is 28.0 Å². The van der Waals surface area contributed by atoms with Crippen molar-refractivity contribution < 1.29 is 9.90 Å². The van der Waals surface area contributed by atoms with Crippen molar-refractivity contribution in [1.82, 2.24) is 4.90 Å². The van der Waals surface area contributed by atoms with Gasteiger partial charge in [-0.2, -0.15) is 0 Å². The first-order chi connectivity index (χ1) is 7.96. The van der Waals surface area contributed by atoms with Crippen molar-refractivity contribution in [3.63, 3.8) is 0 Å². The maximum atomic E-state index is 12.2. The summed E-state index contributed by atoms with van der Waals surface area (Å²) in [6.45, 7) is 6.55. The first kappa shape index (κ1) is 12.1. The first-order valence-electron chi connectivity index (χ1n) is 6.06. The van der Waals surface area contributed by atoms with Crippen LogP contribution in [0.5, 0.6) is 0 Å². The van der Waals surface area contributed by atoms with Crippen LogP contribution >= 0.6 is 0 Å². The summed E-state index contributed by atoms with van der Waals surface area (Å²) >= 11 is 0. The number of rotatable bonds is 3. The van der Waals surface area contributed by atoms with Gasteiger partial charge in [0.25, 0.3) is 5.91 Å². The van der Waals surface area contributed by atoms with E-state index in [1.54, 1.807) is 4.90 Å². The van der Waals surface area contributed by atoms with Gasteiger partial charge in [-0.3, -0.25) is 4.79 Å². The molecule has 17 heavy (non-hydrogen) atoms. The van der Waals surface area contributed by atoms with Gasteiger partial charge in [0, 0.05) is 6.54 Å². The zero-order valence-corrected chi connectivity index (χ0v) is 10.6. The van der Waals surface area contributed by atoms with Crippen molar-refractivity contribution in [2.24, 2.45) is 0 Å². The maximum absolute atomic E-state index is 12.2. The second kappa shape index (κ2) is 3.84. The van der Waals surface area contributed by atoms with Crippen molar-refractivity contribution in [2.45, 2.75) is 38.3 Å². The highest BCUT2D eigenvalue weighted by Gasteiger charge is 2.66. The van der Waals surface area contributed by atoms with E-state index in [1.807, 2.05) is 51.1 Å². The van der Waals surface area contributed by atoms with Gasteiger partial charge in [0.05, 0.1) is 5.54 Å². The summed E-state index contributed by atoms with van der Waals surface area (Å²) in [5.74, 6) is -0.185. The van der Waals surface area contributed by atoms with E-state index in [-0.39, 0.29) is 5.91 Å². The Hall–Kier alpha value is -1.35. The Kier molecular flexibility index (Phi) is 2.74. The van der Waals surface area contributed by atoms with Crippen molar-refractivity contribution in [1.29, 1.82) is 0 Å². The third kappa shape index (κ3) is 1.42. The fourth-order valence-corrected chi connectivity index (χ4v) is 2.61. The SMILES string of the molecule is CCCN1C(=O)C(O)(c2ccccc2)C1(C)C. The molecule has 1 fully saturated rings. The standard InChI is InChI=1S/C14H19NO2/c1-4-10-15-12(16)14(17,13(15,2)3)11-8-6-5-7-9-11/h5-9,17H,4,10H2,1-3H3. The minimum absolute atomic E-state index is 0.185. The van der Waals surface area contributed by atoms with Gasteiger partial charge in [-0.05, 0) is 25.8 Å². The highest BCUT2D eigenvalue weighted by molar-refractivity contribution is 5.95. The Balaban J connectivity index is 2.38. The van der Waals surface area contributed by atoms with Crippen LogP contribution in [0.2, 0.25) is 0 Å². The Labute approximate surface area is 102 Å². The molecule has 1 N–H and O–H groups in total. The monoisotopic (exact) mass is 233 g/mol. The van der Waals surface area contributed by atoms with Crippen LogP contribution < -0.4 is 0 Å². The largest absolute Gasteiger partial charge is 0.374 e. The molecule has 1 aliphatic rings. The molecule has 1 unspecified atom stereocenters. The second-order valence-electron chi connectivity index (χ2n) is 5.09. The van der Waals surface area contributed by atoms with E-state index in [9.17, 15) is 9.90 Å². The number of aliphatic hydroxyl groups is 1. The Bertz CT molecular complexity index is 427. The average Bonchev–Trinajstić information content (AvgIpc) is 2.35. The zero-order valence-electron chi connectivity index (χ0n) is 10.6. The van der Waals surface area contributed by atoms with Crippen molar-refractivity contribution in [3.05, 3.63) is 35.9 Å². The molecule has 0 spiro atoms. The lowest BCUT2D eigenvalue weighted by Gasteiger charge is -2.59. The lowest BCUT2D eigenvalue weighted by atomic mass is 9.67. The number of hydrogen-bond donors (Lipinski definition) is 1. The smallest absolute Gasteiger partial charge is 0.262 e. The molecule has 3 heteroatoms. The number of likely N-dealkylation sites (tertiary alicyclic amines) is 1. The van der Waals surface area contributed by atoms with Crippen LogP contribution in [0.1, 0.15) is 32.8 Å². The molecule has 1 aliphatic heterocycles. The fourth-order valence-electron chi connectivity index (χ4n) is 2.61. The summed E-state index contributed by atoms with van der Waals surface area (Å²) in [5.41, 5.74) is -1.23. The van der Waals surface area contributed by atoms with Gasteiger partial charge in [-0.25, -0.2) is 0 Å². The van der Waals surface area contributed by atoms with E-state index in [1.165, 1.54) is 0 Å². The molecule has 3 nitrogen and oxygen atoms in total. The number of β-lactam (4-membered cyclic amide) rings is 1. The average molecular weight is 233 g/mol. The first-order valence-corrected chi connectivity index (χ1v) is 6.06. The van der Waals surface area contributed by atoms with E-state index >= 15 is 0 Å². The summed E-state index contributed by atoms with van der Waals surface area (Å²) in [6.07, 6.45) is 0.903.